The van der Waals surface area contributed by atoms with Gasteiger partial charge < -0.3 is 19.6 Å². The standard InChI is InChI=1S/C22H30N6O4/c1-15-12-24-27(13-15)14-17-11-19(25-32-17)22(31)26-8-7-23-21(30)18-5-3-4-6-20(18)28(10-9-26)16(2)29/h11-13,18,20H,3-10,14H2,1-2H3,(H,23,30). The van der Waals surface area contributed by atoms with Gasteiger partial charge in [-0.2, -0.15) is 5.10 Å². The van der Waals surface area contributed by atoms with E-state index in [0.717, 1.165) is 31.2 Å². The van der Waals surface area contributed by atoms with E-state index in [4.69, 9.17) is 4.52 Å². The summed E-state index contributed by atoms with van der Waals surface area (Å²) in [5.74, 6) is -0.0373. The fraction of sp³-hybridized carbons (Fsp3) is 0.591. The number of carbonyl (C=O) groups excluding carboxylic acids is 3. The normalized spacial score (nSPS) is 22.2. The maximum Gasteiger partial charge on any atom is 0.276 e. The molecule has 0 spiro atoms. The Morgan fingerprint density at radius 3 is 2.78 bits per heavy atom. The first kappa shape index (κ1) is 22.0. The molecular formula is C22H30N6O4. The fourth-order valence-electron chi connectivity index (χ4n) is 4.70. The Kier molecular flexibility index (Phi) is 6.57. The van der Waals surface area contributed by atoms with Crippen molar-refractivity contribution < 1.29 is 18.9 Å². The predicted octanol–water partition coefficient (Wildman–Crippen LogP) is 1.21. The van der Waals surface area contributed by atoms with E-state index in [2.05, 4.69) is 15.6 Å². The molecule has 1 saturated carbocycles. The summed E-state index contributed by atoms with van der Waals surface area (Å²) in [6, 6.07) is 1.50. The van der Waals surface area contributed by atoms with Crippen LogP contribution in [0, 0.1) is 12.8 Å². The number of nitrogens with one attached hydrogen (secondary N) is 1. The van der Waals surface area contributed by atoms with Crippen LogP contribution in [-0.2, 0) is 16.1 Å². The van der Waals surface area contributed by atoms with E-state index in [-0.39, 0.29) is 35.4 Å². The van der Waals surface area contributed by atoms with Gasteiger partial charge in [0.2, 0.25) is 11.8 Å². The average molecular weight is 443 g/mol. The van der Waals surface area contributed by atoms with Crippen LogP contribution in [0.5, 0.6) is 0 Å². The highest BCUT2D eigenvalue weighted by Gasteiger charge is 2.37. The maximum atomic E-state index is 13.1. The number of rotatable bonds is 3. The molecule has 2 aliphatic rings. The first-order valence-electron chi connectivity index (χ1n) is 11.2. The second-order valence-corrected chi connectivity index (χ2v) is 8.65. The van der Waals surface area contributed by atoms with Crippen LogP contribution < -0.4 is 5.32 Å². The minimum absolute atomic E-state index is 0.0338. The molecule has 3 heterocycles. The SMILES string of the molecule is CC(=O)N1CCN(C(=O)c2cc(Cn3cc(C)cn3)on2)CCNC(=O)C2CCCCC21. The molecule has 1 N–H and O–H groups in total. The van der Waals surface area contributed by atoms with Crippen molar-refractivity contribution in [2.45, 2.75) is 52.1 Å². The van der Waals surface area contributed by atoms with Gasteiger partial charge in [-0.15, -0.1) is 0 Å². The van der Waals surface area contributed by atoms with Crippen LogP contribution >= 0.6 is 0 Å². The molecular weight excluding hydrogens is 412 g/mol. The topological polar surface area (TPSA) is 114 Å². The molecule has 32 heavy (non-hydrogen) atoms. The van der Waals surface area contributed by atoms with Crippen molar-refractivity contribution in [2.75, 3.05) is 26.2 Å². The van der Waals surface area contributed by atoms with Crippen molar-refractivity contribution in [1.82, 2.24) is 30.1 Å². The summed E-state index contributed by atoms with van der Waals surface area (Å²) in [5, 5.41) is 11.1. The zero-order chi connectivity index (χ0) is 22.7. The van der Waals surface area contributed by atoms with E-state index in [1.54, 1.807) is 26.7 Å². The summed E-state index contributed by atoms with van der Waals surface area (Å²) < 4.78 is 7.06. The third-order valence-corrected chi connectivity index (χ3v) is 6.31. The third-order valence-electron chi connectivity index (χ3n) is 6.31. The van der Waals surface area contributed by atoms with Crippen LogP contribution in [0.1, 0.15) is 54.4 Å². The van der Waals surface area contributed by atoms with E-state index >= 15 is 0 Å². The molecule has 0 bridgehead atoms. The number of fused-ring (bicyclic) bond motifs is 1. The number of amides is 3. The molecule has 10 nitrogen and oxygen atoms in total. The van der Waals surface area contributed by atoms with Crippen molar-refractivity contribution in [3.8, 4) is 0 Å². The summed E-state index contributed by atoms with van der Waals surface area (Å²) in [6.45, 7) is 5.34. The van der Waals surface area contributed by atoms with Crippen LogP contribution in [0.3, 0.4) is 0 Å². The van der Waals surface area contributed by atoms with Gasteiger partial charge in [-0.1, -0.05) is 18.0 Å². The Hall–Kier alpha value is -3.17. The zero-order valence-corrected chi connectivity index (χ0v) is 18.6. The number of aryl methyl sites for hydroxylation is 1. The largest absolute Gasteiger partial charge is 0.359 e. The van der Waals surface area contributed by atoms with Crippen LogP contribution in [0.4, 0.5) is 0 Å². The lowest BCUT2D eigenvalue weighted by Gasteiger charge is -2.40. The Morgan fingerprint density at radius 2 is 2.03 bits per heavy atom. The molecule has 0 aromatic carbocycles. The molecule has 1 saturated heterocycles. The predicted molar refractivity (Wildman–Crippen MR) is 115 cm³/mol. The van der Waals surface area contributed by atoms with Crippen LogP contribution in [-0.4, -0.2) is 74.7 Å². The fourth-order valence-corrected chi connectivity index (χ4v) is 4.70. The molecule has 2 unspecified atom stereocenters. The molecule has 172 valence electrons. The Morgan fingerprint density at radius 1 is 1.22 bits per heavy atom. The van der Waals surface area contributed by atoms with Crippen molar-refractivity contribution in [2.24, 2.45) is 5.92 Å². The Labute approximate surface area is 186 Å². The summed E-state index contributed by atoms with van der Waals surface area (Å²) in [6.07, 6.45) is 7.23. The first-order chi connectivity index (χ1) is 15.4. The number of nitrogens with zero attached hydrogens (tertiary/aromatic N) is 5. The highest BCUT2D eigenvalue weighted by Crippen LogP contribution is 2.29. The molecule has 3 amide bonds. The smallest absolute Gasteiger partial charge is 0.276 e. The molecule has 4 rings (SSSR count). The van der Waals surface area contributed by atoms with Crippen molar-refractivity contribution >= 4 is 17.7 Å². The highest BCUT2D eigenvalue weighted by atomic mass is 16.5. The van der Waals surface area contributed by atoms with E-state index in [1.165, 1.54) is 6.92 Å². The van der Waals surface area contributed by atoms with E-state index in [0.29, 0.717) is 38.5 Å². The minimum atomic E-state index is -0.282. The second kappa shape index (κ2) is 9.54. The summed E-state index contributed by atoms with van der Waals surface area (Å²) in [5.41, 5.74) is 1.24. The number of hydrogen-bond donors (Lipinski definition) is 1. The van der Waals surface area contributed by atoms with E-state index in [1.807, 2.05) is 13.1 Å². The molecule has 0 radical (unpaired) electrons. The number of hydrogen-bond acceptors (Lipinski definition) is 6. The summed E-state index contributed by atoms with van der Waals surface area (Å²) in [4.78, 5) is 41.7. The Balaban J connectivity index is 1.48. The summed E-state index contributed by atoms with van der Waals surface area (Å²) >= 11 is 0. The van der Waals surface area contributed by atoms with Gasteiger partial charge >= 0.3 is 0 Å². The van der Waals surface area contributed by atoms with Crippen molar-refractivity contribution in [3.63, 3.8) is 0 Å². The molecule has 2 atom stereocenters. The number of carbonyl (C=O) groups is 3. The summed E-state index contributed by atoms with van der Waals surface area (Å²) in [7, 11) is 0. The maximum absolute atomic E-state index is 13.1. The van der Waals surface area contributed by atoms with Crippen molar-refractivity contribution in [1.29, 1.82) is 0 Å². The lowest BCUT2D eigenvalue weighted by Crippen LogP contribution is -2.55. The van der Waals surface area contributed by atoms with Crippen molar-refractivity contribution in [3.05, 3.63) is 35.5 Å². The first-order valence-corrected chi connectivity index (χ1v) is 11.2. The highest BCUT2D eigenvalue weighted by molar-refractivity contribution is 5.92. The van der Waals surface area contributed by atoms with E-state index < -0.39 is 0 Å². The third kappa shape index (κ3) is 4.84. The second-order valence-electron chi connectivity index (χ2n) is 8.65. The van der Waals surface area contributed by atoms with E-state index in [9.17, 15) is 14.4 Å². The minimum Gasteiger partial charge on any atom is -0.359 e. The molecule has 2 aromatic heterocycles. The van der Waals surface area contributed by atoms with Crippen LogP contribution in [0.2, 0.25) is 0 Å². The van der Waals surface area contributed by atoms with Gasteiger partial charge in [-0.3, -0.25) is 19.1 Å². The number of aromatic nitrogens is 3. The zero-order valence-electron chi connectivity index (χ0n) is 18.6. The average Bonchev–Trinajstić information content (AvgIpc) is 3.41. The van der Waals surface area contributed by atoms with Gasteiger partial charge in [0.05, 0.1) is 12.1 Å². The molecule has 2 fully saturated rings. The van der Waals surface area contributed by atoms with Crippen LogP contribution in [0.25, 0.3) is 0 Å². The van der Waals surface area contributed by atoms with Gasteiger partial charge in [0.25, 0.3) is 5.91 Å². The lowest BCUT2D eigenvalue weighted by atomic mass is 9.82. The molecule has 10 heteroatoms. The van der Waals surface area contributed by atoms with Gasteiger partial charge in [0.1, 0.15) is 6.54 Å². The van der Waals surface area contributed by atoms with Gasteiger partial charge in [-0.05, 0) is 25.3 Å². The van der Waals surface area contributed by atoms with Crippen LogP contribution in [0.15, 0.2) is 23.0 Å². The Bertz CT molecular complexity index is 983. The van der Waals surface area contributed by atoms with Gasteiger partial charge in [0, 0.05) is 51.4 Å². The molecule has 2 aromatic rings. The molecule has 1 aliphatic heterocycles. The lowest BCUT2D eigenvalue weighted by molar-refractivity contribution is -0.137. The van der Waals surface area contributed by atoms with Gasteiger partial charge in [-0.25, -0.2) is 0 Å². The monoisotopic (exact) mass is 442 g/mol. The molecule has 1 aliphatic carbocycles. The van der Waals surface area contributed by atoms with Gasteiger partial charge in [0.15, 0.2) is 11.5 Å². The quantitative estimate of drug-likeness (QED) is 0.764.